The number of carboxylic acid groups (broad SMARTS) is 1. The minimum Gasteiger partial charge on any atom is -0.480 e. The minimum atomic E-state index is -0.933. The van der Waals surface area contributed by atoms with E-state index in [2.05, 4.69) is 0 Å². The number of thioether (sulfide) groups is 1. The Bertz CT molecular complexity index is 603. The van der Waals surface area contributed by atoms with Gasteiger partial charge in [0.25, 0.3) is 5.91 Å². The monoisotopic (exact) mass is 325 g/mol. The zero-order valence-electron chi connectivity index (χ0n) is 11.6. The number of aryl methyl sites for hydroxylation is 1. The average molecular weight is 326 g/mol. The largest absolute Gasteiger partial charge is 0.480 e. The SMILES string of the molecule is Cc1ccc(C(=O)N2C(C(=O)O)CSC2C2CC2)cc1Cl. The van der Waals surface area contributed by atoms with Gasteiger partial charge in [-0.25, -0.2) is 4.79 Å². The number of carboxylic acids is 1. The molecule has 112 valence electrons. The summed E-state index contributed by atoms with van der Waals surface area (Å²) in [5.41, 5.74) is 1.36. The molecule has 0 radical (unpaired) electrons. The van der Waals surface area contributed by atoms with Gasteiger partial charge in [0.15, 0.2) is 0 Å². The van der Waals surface area contributed by atoms with Crippen molar-refractivity contribution in [2.45, 2.75) is 31.2 Å². The van der Waals surface area contributed by atoms with Crippen molar-refractivity contribution >= 4 is 35.2 Å². The molecule has 2 aliphatic rings. The number of carbonyl (C=O) groups excluding carboxylic acids is 1. The lowest BCUT2D eigenvalue weighted by Gasteiger charge is -2.27. The predicted octanol–water partition coefficient (Wildman–Crippen LogP) is 3.03. The average Bonchev–Trinajstić information content (AvgIpc) is 3.19. The number of carbonyl (C=O) groups is 2. The summed E-state index contributed by atoms with van der Waals surface area (Å²) in [6, 6.07) is 4.40. The Morgan fingerprint density at radius 2 is 2.10 bits per heavy atom. The van der Waals surface area contributed by atoms with Gasteiger partial charge >= 0.3 is 5.97 Å². The molecule has 4 nitrogen and oxygen atoms in total. The Morgan fingerprint density at radius 3 is 2.67 bits per heavy atom. The van der Waals surface area contributed by atoms with E-state index in [-0.39, 0.29) is 11.3 Å². The molecule has 1 aromatic rings. The van der Waals surface area contributed by atoms with Crippen molar-refractivity contribution in [2.75, 3.05) is 5.75 Å². The third-order valence-corrected chi connectivity index (χ3v) is 5.87. The Kier molecular flexibility index (Phi) is 3.88. The zero-order chi connectivity index (χ0) is 15.1. The van der Waals surface area contributed by atoms with Crippen LogP contribution < -0.4 is 0 Å². The molecule has 2 atom stereocenters. The van der Waals surface area contributed by atoms with Crippen LogP contribution in [0.2, 0.25) is 5.02 Å². The van der Waals surface area contributed by atoms with Gasteiger partial charge < -0.3 is 10.0 Å². The van der Waals surface area contributed by atoms with Crippen LogP contribution in [0.25, 0.3) is 0 Å². The van der Waals surface area contributed by atoms with Gasteiger partial charge in [-0.15, -0.1) is 11.8 Å². The molecule has 1 aliphatic heterocycles. The fourth-order valence-electron chi connectivity index (χ4n) is 2.59. The van der Waals surface area contributed by atoms with Gasteiger partial charge in [0.1, 0.15) is 6.04 Å². The molecule has 2 fully saturated rings. The molecule has 1 aromatic carbocycles. The first-order chi connectivity index (χ1) is 9.99. The molecule has 0 aromatic heterocycles. The molecule has 3 rings (SSSR count). The predicted molar refractivity (Wildman–Crippen MR) is 82.8 cm³/mol. The Morgan fingerprint density at radius 1 is 1.38 bits per heavy atom. The fraction of sp³-hybridized carbons (Fsp3) is 0.467. The van der Waals surface area contributed by atoms with Crippen molar-refractivity contribution < 1.29 is 14.7 Å². The van der Waals surface area contributed by atoms with E-state index in [0.717, 1.165) is 18.4 Å². The highest BCUT2D eigenvalue weighted by molar-refractivity contribution is 8.00. The lowest BCUT2D eigenvalue weighted by Crippen LogP contribution is -2.46. The molecule has 1 heterocycles. The van der Waals surface area contributed by atoms with Gasteiger partial charge in [0.2, 0.25) is 0 Å². The van der Waals surface area contributed by atoms with Crippen LogP contribution in [0, 0.1) is 12.8 Å². The number of nitrogens with zero attached hydrogens (tertiary/aromatic N) is 1. The molecule has 1 amide bonds. The maximum absolute atomic E-state index is 12.8. The van der Waals surface area contributed by atoms with Crippen LogP contribution in [0.1, 0.15) is 28.8 Å². The Labute approximate surface area is 132 Å². The molecule has 0 bridgehead atoms. The van der Waals surface area contributed by atoms with E-state index in [1.807, 2.05) is 6.92 Å². The van der Waals surface area contributed by atoms with Crippen LogP contribution in [0.3, 0.4) is 0 Å². The van der Waals surface area contributed by atoms with Crippen LogP contribution in [0.4, 0.5) is 0 Å². The second-order valence-corrected chi connectivity index (χ2v) is 7.15. The summed E-state index contributed by atoms with van der Waals surface area (Å²) in [7, 11) is 0. The Balaban J connectivity index is 1.91. The lowest BCUT2D eigenvalue weighted by atomic mass is 10.1. The third kappa shape index (κ3) is 2.77. The van der Waals surface area contributed by atoms with Gasteiger partial charge in [-0.2, -0.15) is 0 Å². The van der Waals surface area contributed by atoms with E-state index >= 15 is 0 Å². The lowest BCUT2D eigenvalue weighted by molar-refractivity contribution is -0.141. The number of rotatable bonds is 3. The number of hydrogen-bond acceptors (Lipinski definition) is 3. The molecule has 1 saturated carbocycles. The van der Waals surface area contributed by atoms with Crippen LogP contribution in [-0.4, -0.2) is 39.1 Å². The summed E-state index contributed by atoms with van der Waals surface area (Å²) >= 11 is 7.66. The zero-order valence-corrected chi connectivity index (χ0v) is 13.2. The number of hydrogen-bond donors (Lipinski definition) is 1. The van der Waals surface area contributed by atoms with E-state index in [4.69, 9.17) is 11.6 Å². The normalized spacial score (nSPS) is 25.1. The summed E-state index contributed by atoms with van der Waals surface area (Å²) in [4.78, 5) is 25.7. The van der Waals surface area contributed by atoms with Gasteiger partial charge in [0, 0.05) is 16.3 Å². The van der Waals surface area contributed by atoms with Crippen LogP contribution in [0.15, 0.2) is 18.2 Å². The van der Waals surface area contributed by atoms with E-state index in [9.17, 15) is 14.7 Å². The first-order valence-electron chi connectivity index (χ1n) is 6.92. The van der Waals surface area contributed by atoms with Gasteiger partial charge in [0.05, 0.1) is 5.37 Å². The molecule has 1 N–H and O–H groups in total. The van der Waals surface area contributed by atoms with Gasteiger partial charge in [-0.3, -0.25) is 4.79 Å². The van der Waals surface area contributed by atoms with E-state index in [1.165, 1.54) is 0 Å². The van der Waals surface area contributed by atoms with Crippen molar-refractivity contribution in [3.8, 4) is 0 Å². The molecule has 1 aliphatic carbocycles. The minimum absolute atomic E-state index is 0.0151. The number of amides is 1. The topological polar surface area (TPSA) is 57.6 Å². The highest BCUT2D eigenvalue weighted by Crippen LogP contribution is 2.46. The molecule has 2 unspecified atom stereocenters. The van der Waals surface area contributed by atoms with Gasteiger partial charge in [-0.05, 0) is 43.4 Å². The summed E-state index contributed by atoms with van der Waals surface area (Å²) in [6.07, 6.45) is 2.14. The second kappa shape index (κ2) is 5.54. The number of halogens is 1. The van der Waals surface area contributed by atoms with Crippen LogP contribution in [-0.2, 0) is 4.79 Å². The second-order valence-electron chi connectivity index (χ2n) is 5.59. The van der Waals surface area contributed by atoms with Crippen molar-refractivity contribution in [2.24, 2.45) is 5.92 Å². The first kappa shape index (κ1) is 14.7. The third-order valence-electron chi connectivity index (χ3n) is 4.00. The van der Waals surface area contributed by atoms with Crippen LogP contribution >= 0.6 is 23.4 Å². The molecule has 0 spiro atoms. The number of benzene rings is 1. The highest BCUT2D eigenvalue weighted by atomic mass is 35.5. The van der Waals surface area contributed by atoms with E-state index in [0.29, 0.717) is 22.3 Å². The first-order valence-corrected chi connectivity index (χ1v) is 8.35. The van der Waals surface area contributed by atoms with E-state index < -0.39 is 12.0 Å². The standard InChI is InChI=1S/C15H16ClNO3S/c1-8-2-3-10(6-11(8)16)13(18)17-12(15(19)20)7-21-14(17)9-4-5-9/h2-3,6,9,12,14H,4-5,7H2,1H3,(H,19,20). The Hall–Kier alpha value is -1.20. The van der Waals surface area contributed by atoms with Crippen molar-refractivity contribution in [3.63, 3.8) is 0 Å². The van der Waals surface area contributed by atoms with Crippen molar-refractivity contribution in [3.05, 3.63) is 34.3 Å². The van der Waals surface area contributed by atoms with E-state index in [1.54, 1.807) is 34.9 Å². The van der Waals surface area contributed by atoms with Crippen molar-refractivity contribution in [1.82, 2.24) is 4.90 Å². The summed E-state index contributed by atoms with van der Waals surface area (Å²) in [6.45, 7) is 1.87. The smallest absolute Gasteiger partial charge is 0.327 e. The van der Waals surface area contributed by atoms with Crippen molar-refractivity contribution in [1.29, 1.82) is 0 Å². The maximum atomic E-state index is 12.8. The van der Waals surface area contributed by atoms with Gasteiger partial charge in [-0.1, -0.05) is 17.7 Å². The molecular formula is C15H16ClNO3S. The molecule has 1 saturated heterocycles. The molecular weight excluding hydrogens is 310 g/mol. The number of aliphatic carboxylic acids is 1. The fourth-order valence-corrected chi connectivity index (χ4v) is 4.41. The molecule has 6 heteroatoms. The summed E-state index contributed by atoms with van der Waals surface area (Å²) in [5, 5.41) is 9.88. The maximum Gasteiger partial charge on any atom is 0.327 e. The quantitative estimate of drug-likeness (QED) is 0.928. The summed E-state index contributed by atoms with van der Waals surface area (Å²) < 4.78 is 0. The molecule has 21 heavy (non-hydrogen) atoms. The summed E-state index contributed by atoms with van der Waals surface area (Å²) in [5.74, 6) is -0.269. The highest BCUT2D eigenvalue weighted by Gasteiger charge is 2.48. The van der Waals surface area contributed by atoms with Crippen LogP contribution in [0.5, 0.6) is 0 Å².